The lowest BCUT2D eigenvalue weighted by molar-refractivity contribution is 0.411. The normalized spacial score (nSPS) is 10.2. The van der Waals surface area contributed by atoms with E-state index in [0.29, 0.717) is 6.08 Å². The number of hydrogen-bond donors (Lipinski definition) is 0. The van der Waals surface area contributed by atoms with Crippen LogP contribution in [-0.2, 0) is 0 Å². The molecule has 0 saturated carbocycles. The third kappa shape index (κ3) is 0.961. The number of aromatic nitrogens is 1. The molecule has 2 aromatic rings. The van der Waals surface area contributed by atoms with Gasteiger partial charge in [0.05, 0.1) is 0 Å². The molecule has 11 heavy (non-hydrogen) atoms. The van der Waals surface area contributed by atoms with Crippen molar-refractivity contribution in [1.82, 2.24) is 4.98 Å². The Morgan fingerprint density at radius 2 is 2.18 bits per heavy atom. The zero-order valence-electron chi connectivity index (χ0n) is 6.07. The lowest BCUT2D eigenvalue weighted by Gasteiger charge is -1.85. The molecule has 0 radical (unpaired) electrons. The summed E-state index contributed by atoms with van der Waals surface area (Å²) >= 11 is 0. The van der Waals surface area contributed by atoms with Crippen LogP contribution >= 0.6 is 0 Å². The molecule has 1 heterocycles. The highest BCUT2D eigenvalue weighted by Gasteiger charge is 2.01. The molecule has 2 rings (SSSR count). The van der Waals surface area contributed by atoms with E-state index in [2.05, 4.69) is 4.98 Å². The zero-order chi connectivity index (χ0) is 7.68. The maximum atomic E-state index is 5.18. The Kier molecular flexibility index (Phi) is 1.32. The van der Waals surface area contributed by atoms with Gasteiger partial charge in [0.15, 0.2) is 5.58 Å². The minimum absolute atomic E-state index is 0.311. The summed E-state index contributed by atoms with van der Waals surface area (Å²) < 4.78 is 10.0. The van der Waals surface area contributed by atoms with Crippen molar-refractivity contribution in [2.45, 2.75) is 0 Å². The maximum Gasteiger partial charge on any atom is 0.375 e. The monoisotopic (exact) mass is 147 g/mol. The summed E-state index contributed by atoms with van der Waals surface area (Å²) in [6, 6.07) is 7.53. The van der Waals surface area contributed by atoms with Crippen LogP contribution in [0.4, 0.5) is 0 Å². The summed E-state index contributed by atoms with van der Waals surface area (Å²) in [7, 11) is 1.53. The molecule has 0 aliphatic carbocycles. The molecule has 3 nitrogen and oxygen atoms in total. The van der Waals surface area contributed by atoms with E-state index in [0.717, 1.165) is 11.1 Å². The SMILES string of the molecule is BOc1nc2ccccc2o1. The Balaban J connectivity index is 2.69. The summed E-state index contributed by atoms with van der Waals surface area (Å²) in [5.41, 5.74) is 1.58. The number of fused-ring (bicyclic) bond motifs is 1. The van der Waals surface area contributed by atoms with Crippen molar-refractivity contribution in [2.75, 3.05) is 0 Å². The van der Waals surface area contributed by atoms with Gasteiger partial charge in [-0.3, -0.25) is 0 Å². The fourth-order valence-electron chi connectivity index (χ4n) is 0.938. The molecule has 0 atom stereocenters. The Bertz CT molecular complexity index is 338. The van der Waals surface area contributed by atoms with Crippen LogP contribution in [0.1, 0.15) is 0 Å². The summed E-state index contributed by atoms with van der Waals surface area (Å²) in [6.07, 6.45) is 0.311. The summed E-state index contributed by atoms with van der Waals surface area (Å²) in [6.45, 7) is 0. The third-order valence-electron chi connectivity index (χ3n) is 1.45. The summed E-state index contributed by atoms with van der Waals surface area (Å²) in [5.74, 6) is 0. The number of benzene rings is 1. The van der Waals surface area contributed by atoms with Gasteiger partial charge in [0, 0.05) is 0 Å². The van der Waals surface area contributed by atoms with Crippen molar-refractivity contribution in [3.8, 4) is 6.08 Å². The van der Waals surface area contributed by atoms with Crippen LogP contribution in [-0.4, -0.2) is 13.0 Å². The van der Waals surface area contributed by atoms with Gasteiger partial charge in [-0.1, -0.05) is 12.1 Å². The van der Waals surface area contributed by atoms with Crippen LogP contribution < -0.4 is 4.65 Å². The van der Waals surface area contributed by atoms with Crippen LogP contribution in [0.2, 0.25) is 0 Å². The maximum absolute atomic E-state index is 5.18. The smallest absolute Gasteiger partial charge is 0.375 e. The molecule has 0 bridgehead atoms. The number of para-hydroxylation sites is 2. The highest BCUT2D eigenvalue weighted by Crippen LogP contribution is 2.18. The largest absolute Gasteiger partial charge is 0.529 e. The van der Waals surface area contributed by atoms with Crippen LogP contribution in [0.5, 0.6) is 6.08 Å². The number of rotatable bonds is 1. The van der Waals surface area contributed by atoms with Crippen molar-refractivity contribution >= 4 is 19.1 Å². The second-order valence-corrected chi connectivity index (χ2v) is 2.15. The second kappa shape index (κ2) is 2.30. The quantitative estimate of drug-likeness (QED) is 0.558. The Morgan fingerprint density at radius 3 is 2.91 bits per heavy atom. The average Bonchev–Trinajstić information content (AvgIpc) is 2.46. The molecule has 0 spiro atoms. The van der Waals surface area contributed by atoms with Crippen molar-refractivity contribution in [2.24, 2.45) is 0 Å². The fourth-order valence-corrected chi connectivity index (χ4v) is 0.938. The van der Waals surface area contributed by atoms with E-state index >= 15 is 0 Å². The van der Waals surface area contributed by atoms with Gasteiger partial charge in [0.25, 0.3) is 0 Å². The molecule has 0 unspecified atom stereocenters. The molecule has 54 valence electrons. The molecule has 1 aromatic carbocycles. The van der Waals surface area contributed by atoms with Gasteiger partial charge in [-0.05, 0) is 12.1 Å². The van der Waals surface area contributed by atoms with E-state index < -0.39 is 0 Å². The van der Waals surface area contributed by atoms with E-state index in [1.807, 2.05) is 24.3 Å². The van der Waals surface area contributed by atoms with Gasteiger partial charge in [-0.2, -0.15) is 4.98 Å². The minimum atomic E-state index is 0.311. The molecule has 4 heteroatoms. The number of oxazole rings is 1. The molecular weight excluding hydrogens is 141 g/mol. The van der Waals surface area contributed by atoms with E-state index in [4.69, 9.17) is 9.07 Å². The fraction of sp³-hybridized carbons (Fsp3) is 0. The van der Waals surface area contributed by atoms with E-state index in [1.165, 1.54) is 8.05 Å². The highest BCUT2D eigenvalue weighted by molar-refractivity contribution is 5.99. The molecule has 0 aliphatic heterocycles. The first-order valence-electron chi connectivity index (χ1n) is 3.30. The molecular formula is C7H6BNO2. The lowest BCUT2D eigenvalue weighted by Crippen LogP contribution is -1.82. The van der Waals surface area contributed by atoms with E-state index in [1.54, 1.807) is 0 Å². The van der Waals surface area contributed by atoms with Crippen LogP contribution in [0.3, 0.4) is 0 Å². The first-order chi connectivity index (χ1) is 5.40. The lowest BCUT2D eigenvalue weighted by atomic mass is 10.3. The predicted molar refractivity (Wildman–Crippen MR) is 43.2 cm³/mol. The van der Waals surface area contributed by atoms with Crippen LogP contribution in [0.25, 0.3) is 11.1 Å². The topological polar surface area (TPSA) is 35.3 Å². The second-order valence-electron chi connectivity index (χ2n) is 2.15. The van der Waals surface area contributed by atoms with E-state index in [9.17, 15) is 0 Å². The molecule has 0 aliphatic rings. The van der Waals surface area contributed by atoms with Gasteiger partial charge in [0.1, 0.15) is 5.52 Å². The number of hydrogen-bond acceptors (Lipinski definition) is 3. The molecule has 1 aromatic heterocycles. The van der Waals surface area contributed by atoms with Crippen molar-refractivity contribution in [1.29, 1.82) is 0 Å². The molecule has 0 amide bonds. The van der Waals surface area contributed by atoms with Crippen molar-refractivity contribution in [3.05, 3.63) is 24.3 Å². The van der Waals surface area contributed by atoms with Crippen molar-refractivity contribution in [3.63, 3.8) is 0 Å². The van der Waals surface area contributed by atoms with E-state index in [-0.39, 0.29) is 0 Å². The summed E-state index contributed by atoms with van der Waals surface area (Å²) in [5, 5.41) is 0. The first kappa shape index (κ1) is 6.28. The van der Waals surface area contributed by atoms with Crippen molar-refractivity contribution < 1.29 is 9.07 Å². The highest BCUT2D eigenvalue weighted by atomic mass is 16.6. The third-order valence-corrected chi connectivity index (χ3v) is 1.45. The Labute approximate surface area is 64.4 Å². The van der Waals surface area contributed by atoms with Gasteiger partial charge in [-0.25, -0.2) is 0 Å². The molecule has 0 N–H and O–H groups in total. The van der Waals surface area contributed by atoms with Gasteiger partial charge >= 0.3 is 14.1 Å². The first-order valence-corrected chi connectivity index (χ1v) is 3.30. The summed E-state index contributed by atoms with van der Waals surface area (Å²) in [4.78, 5) is 4.04. The van der Waals surface area contributed by atoms with Crippen LogP contribution in [0, 0.1) is 0 Å². The van der Waals surface area contributed by atoms with Gasteiger partial charge in [0.2, 0.25) is 0 Å². The Hall–Kier alpha value is -1.45. The standard InChI is InChI=1S/C7H6BNO2/c8-11-7-9-5-3-1-2-4-6(5)10-7/h1-4H,8H2. The predicted octanol–water partition coefficient (Wildman–Crippen LogP) is 0.755. The molecule has 0 fully saturated rings. The zero-order valence-corrected chi connectivity index (χ0v) is 6.07. The number of nitrogens with zero attached hydrogens (tertiary/aromatic N) is 1. The van der Waals surface area contributed by atoms with Gasteiger partial charge < -0.3 is 9.07 Å². The van der Waals surface area contributed by atoms with Gasteiger partial charge in [-0.15, -0.1) is 0 Å². The Morgan fingerprint density at radius 1 is 1.36 bits per heavy atom. The average molecular weight is 147 g/mol. The molecule has 0 saturated heterocycles. The minimum Gasteiger partial charge on any atom is -0.529 e. The van der Waals surface area contributed by atoms with Crippen LogP contribution in [0.15, 0.2) is 28.7 Å².